The van der Waals surface area contributed by atoms with Crippen LogP contribution in [0, 0.1) is 11.8 Å². The molecular formula is C13H22F3NO. The Kier molecular flexibility index (Phi) is 4.90. The highest BCUT2D eigenvalue weighted by Gasteiger charge is 2.41. The smallest absolute Gasteiger partial charge is 0.377 e. The summed E-state index contributed by atoms with van der Waals surface area (Å²) >= 11 is 0. The van der Waals surface area contributed by atoms with Crippen LogP contribution in [-0.2, 0) is 4.74 Å². The molecular weight excluding hydrogens is 243 g/mol. The molecule has 1 saturated carbocycles. The van der Waals surface area contributed by atoms with Gasteiger partial charge in [0.05, 0.1) is 12.0 Å². The number of halogens is 3. The molecule has 2 rings (SSSR count). The van der Waals surface area contributed by atoms with Gasteiger partial charge in [-0.05, 0) is 44.6 Å². The lowest BCUT2D eigenvalue weighted by molar-refractivity contribution is -0.185. The third kappa shape index (κ3) is 4.12. The van der Waals surface area contributed by atoms with Gasteiger partial charge in [-0.1, -0.05) is 6.42 Å². The van der Waals surface area contributed by atoms with Crippen molar-refractivity contribution in [1.29, 1.82) is 0 Å². The molecule has 106 valence electrons. The maximum atomic E-state index is 12.6. The van der Waals surface area contributed by atoms with Gasteiger partial charge in [0, 0.05) is 13.2 Å². The Balaban J connectivity index is 1.66. The molecule has 0 spiro atoms. The molecule has 0 aromatic rings. The van der Waals surface area contributed by atoms with E-state index in [0.717, 1.165) is 32.4 Å². The van der Waals surface area contributed by atoms with E-state index in [2.05, 4.69) is 5.32 Å². The molecule has 1 aliphatic heterocycles. The summed E-state index contributed by atoms with van der Waals surface area (Å²) in [4.78, 5) is 0. The number of ether oxygens (including phenoxy) is 1. The summed E-state index contributed by atoms with van der Waals surface area (Å²) in [6.07, 6.45) is 0.670. The van der Waals surface area contributed by atoms with E-state index in [1.807, 2.05) is 0 Å². The van der Waals surface area contributed by atoms with Gasteiger partial charge in [0.25, 0.3) is 0 Å². The van der Waals surface area contributed by atoms with E-state index in [0.29, 0.717) is 25.8 Å². The number of hydrogen-bond donors (Lipinski definition) is 1. The summed E-state index contributed by atoms with van der Waals surface area (Å²) in [5.41, 5.74) is 0. The van der Waals surface area contributed by atoms with E-state index >= 15 is 0 Å². The van der Waals surface area contributed by atoms with Crippen LogP contribution in [0.2, 0.25) is 0 Å². The molecule has 0 aromatic heterocycles. The van der Waals surface area contributed by atoms with Gasteiger partial charge < -0.3 is 10.1 Å². The SMILES string of the molecule is FC(F)(F)C1CCCC(CNCC2CCCO2)C1. The van der Waals surface area contributed by atoms with E-state index in [9.17, 15) is 13.2 Å². The van der Waals surface area contributed by atoms with Gasteiger partial charge in [0.2, 0.25) is 0 Å². The summed E-state index contributed by atoms with van der Waals surface area (Å²) in [7, 11) is 0. The second-order valence-corrected chi connectivity index (χ2v) is 5.56. The zero-order chi connectivity index (χ0) is 13.0. The van der Waals surface area contributed by atoms with E-state index in [1.165, 1.54) is 0 Å². The van der Waals surface area contributed by atoms with Crippen LogP contribution in [0.4, 0.5) is 13.2 Å². The van der Waals surface area contributed by atoms with Gasteiger partial charge in [-0.2, -0.15) is 13.2 Å². The van der Waals surface area contributed by atoms with Crippen LogP contribution in [0.15, 0.2) is 0 Å². The average Bonchev–Trinajstić information content (AvgIpc) is 2.81. The third-order valence-electron chi connectivity index (χ3n) is 4.07. The molecule has 1 aliphatic carbocycles. The Bertz CT molecular complexity index is 251. The quantitative estimate of drug-likeness (QED) is 0.843. The van der Waals surface area contributed by atoms with Crippen molar-refractivity contribution >= 4 is 0 Å². The Morgan fingerprint density at radius 2 is 1.89 bits per heavy atom. The molecule has 1 N–H and O–H groups in total. The van der Waals surface area contributed by atoms with Crippen molar-refractivity contribution in [1.82, 2.24) is 5.32 Å². The van der Waals surface area contributed by atoms with Crippen molar-refractivity contribution in [3.8, 4) is 0 Å². The van der Waals surface area contributed by atoms with Gasteiger partial charge >= 0.3 is 6.18 Å². The van der Waals surface area contributed by atoms with Gasteiger partial charge in [-0.3, -0.25) is 0 Å². The fraction of sp³-hybridized carbons (Fsp3) is 1.00. The maximum Gasteiger partial charge on any atom is 0.391 e. The lowest BCUT2D eigenvalue weighted by atomic mass is 9.81. The summed E-state index contributed by atoms with van der Waals surface area (Å²) in [5.74, 6) is -0.910. The second-order valence-electron chi connectivity index (χ2n) is 5.56. The third-order valence-corrected chi connectivity index (χ3v) is 4.07. The molecule has 1 heterocycles. The van der Waals surface area contributed by atoms with Crippen LogP contribution >= 0.6 is 0 Å². The van der Waals surface area contributed by atoms with Crippen LogP contribution in [0.1, 0.15) is 38.5 Å². The monoisotopic (exact) mass is 265 g/mol. The molecule has 0 aromatic carbocycles. The van der Waals surface area contributed by atoms with Crippen molar-refractivity contribution in [3.63, 3.8) is 0 Å². The first-order valence-corrected chi connectivity index (χ1v) is 6.94. The van der Waals surface area contributed by atoms with Crippen molar-refractivity contribution < 1.29 is 17.9 Å². The molecule has 0 amide bonds. The number of rotatable bonds is 4. The van der Waals surface area contributed by atoms with Crippen LogP contribution < -0.4 is 5.32 Å². The van der Waals surface area contributed by atoms with Crippen molar-refractivity contribution in [2.45, 2.75) is 50.8 Å². The summed E-state index contributed by atoms with van der Waals surface area (Å²) in [6.45, 7) is 2.31. The lowest BCUT2D eigenvalue weighted by Crippen LogP contribution is -2.35. The van der Waals surface area contributed by atoms with Crippen LogP contribution in [0.3, 0.4) is 0 Å². The Morgan fingerprint density at radius 3 is 2.56 bits per heavy atom. The molecule has 5 heteroatoms. The second kappa shape index (κ2) is 6.24. The minimum Gasteiger partial charge on any atom is -0.377 e. The van der Waals surface area contributed by atoms with Gasteiger partial charge in [-0.25, -0.2) is 0 Å². The van der Waals surface area contributed by atoms with Gasteiger partial charge in [0.1, 0.15) is 0 Å². The fourth-order valence-electron chi connectivity index (χ4n) is 3.03. The first-order chi connectivity index (χ1) is 8.55. The average molecular weight is 265 g/mol. The molecule has 18 heavy (non-hydrogen) atoms. The Labute approximate surface area is 106 Å². The van der Waals surface area contributed by atoms with Gasteiger partial charge in [-0.15, -0.1) is 0 Å². The minimum absolute atomic E-state index is 0.173. The minimum atomic E-state index is -4.01. The number of alkyl halides is 3. The topological polar surface area (TPSA) is 21.3 Å². The van der Waals surface area contributed by atoms with Crippen molar-refractivity contribution in [2.24, 2.45) is 11.8 Å². The van der Waals surface area contributed by atoms with Crippen LogP contribution in [-0.4, -0.2) is 32.0 Å². The molecule has 3 unspecified atom stereocenters. The zero-order valence-electron chi connectivity index (χ0n) is 10.6. The zero-order valence-corrected chi connectivity index (χ0v) is 10.6. The molecule has 2 fully saturated rings. The van der Waals surface area contributed by atoms with E-state index in [1.54, 1.807) is 0 Å². The molecule has 2 nitrogen and oxygen atoms in total. The fourth-order valence-corrected chi connectivity index (χ4v) is 3.03. The first kappa shape index (κ1) is 14.1. The van der Waals surface area contributed by atoms with Crippen molar-refractivity contribution in [3.05, 3.63) is 0 Å². The molecule has 1 saturated heterocycles. The highest BCUT2D eigenvalue weighted by Crippen LogP contribution is 2.39. The van der Waals surface area contributed by atoms with Crippen LogP contribution in [0.25, 0.3) is 0 Å². The summed E-state index contributed by atoms with van der Waals surface area (Å²) < 4.78 is 43.4. The molecule has 0 radical (unpaired) electrons. The van der Waals surface area contributed by atoms with Crippen LogP contribution in [0.5, 0.6) is 0 Å². The standard InChI is InChI=1S/C13H22F3NO/c14-13(15,16)11-4-1-3-10(7-11)8-17-9-12-5-2-6-18-12/h10-12,17H,1-9H2. The number of nitrogens with one attached hydrogen (secondary N) is 1. The number of hydrogen-bond acceptors (Lipinski definition) is 2. The van der Waals surface area contributed by atoms with Gasteiger partial charge in [0.15, 0.2) is 0 Å². The largest absolute Gasteiger partial charge is 0.391 e. The summed E-state index contributed by atoms with van der Waals surface area (Å²) in [5, 5.41) is 3.28. The predicted octanol–water partition coefficient (Wildman–Crippen LogP) is 3.12. The molecule has 3 atom stereocenters. The first-order valence-electron chi connectivity index (χ1n) is 6.94. The highest BCUT2D eigenvalue weighted by atomic mass is 19.4. The van der Waals surface area contributed by atoms with E-state index in [4.69, 9.17) is 4.74 Å². The Morgan fingerprint density at radius 1 is 1.06 bits per heavy atom. The Hall–Kier alpha value is -0.290. The predicted molar refractivity (Wildman–Crippen MR) is 63.3 cm³/mol. The lowest BCUT2D eigenvalue weighted by Gasteiger charge is -2.30. The van der Waals surface area contributed by atoms with Crippen molar-refractivity contribution in [2.75, 3.05) is 19.7 Å². The molecule has 2 aliphatic rings. The summed E-state index contributed by atoms with van der Waals surface area (Å²) in [6, 6.07) is 0. The highest BCUT2D eigenvalue weighted by molar-refractivity contribution is 4.79. The molecule has 0 bridgehead atoms. The maximum absolute atomic E-state index is 12.6. The normalized spacial score (nSPS) is 33.8. The van der Waals surface area contributed by atoms with E-state index in [-0.39, 0.29) is 12.0 Å². The van der Waals surface area contributed by atoms with E-state index < -0.39 is 12.1 Å².